The van der Waals surface area contributed by atoms with Crippen LogP contribution >= 0.6 is 0 Å². The van der Waals surface area contributed by atoms with Crippen molar-refractivity contribution in [3.63, 3.8) is 0 Å². The minimum Gasteiger partial charge on any atom is -0.444 e. The van der Waals surface area contributed by atoms with E-state index in [0.29, 0.717) is 0 Å². The van der Waals surface area contributed by atoms with Crippen LogP contribution in [0, 0.1) is 0 Å². The van der Waals surface area contributed by atoms with Crippen LogP contribution in [0.1, 0.15) is 11.1 Å². The lowest BCUT2D eigenvalue weighted by Gasteiger charge is -2.10. The highest BCUT2D eigenvalue weighted by molar-refractivity contribution is 5.85. The summed E-state index contributed by atoms with van der Waals surface area (Å²) in [6.07, 6.45) is 0.658. The van der Waals surface area contributed by atoms with E-state index < -0.39 is 6.09 Å². The second-order valence-electron chi connectivity index (χ2n) is 5.00. The fourth-order valence-electron chi connectivity index (χ4n) is 2.12. The largest absolute Gasteiger partial charge is 0.444 e. The third-order valence-corrected chi connectivity index (χ3v) is 3.32. The van der Waals surface area contributed by atoms with E-state index in [-0.39, 0.29) is 12.7 Å². The van der Waals surface area contributed by atoms with Crippen molar-refractivity contribution in [3.05, 3.63) is 65.7 Å². The van der Waals surface area contributed by atoms with Crippen LogP contribution in [0.25, 0.3) is 0 Å². The third-order valence-electron chi connectivity index (χ3n) is 3.32. The standard InChI is InChI=1S/C17H17NO3/c19-17(21-11-13-6-2-1-3-7-13)18-16-9-5-4-8-14(16)10-15-12-20-15/h1-9,15H,10-12H2,(H,18,19). The number of para-hydroxylation sites is 1. The molecule has 0 bridgehead atoms. The molecular formula is C17H17NO3. The normalized spacial score (nSPS) is 16.3. The zero-order valence-corrected chi connectivity index (χ0v) is 11.6. The summed E-state index contributed by atoms with van der Waals surface area (Å²) in [6, 6.07) is 17.3. The van der Waals surface area contributed by atoms with Crippen molar-refractivity contribution in [2.24, 2.45) is 0 Å². The smallest absolute Gasteiger partial charge is 0.411 e. The molecule has 0 aromatic heterocycles. The molecule has 21 heavy (non-hydrogen) atoms. The van der Waals surface area contributed by atoms with Crippen LogP contribution in [-0.2, 0) is 22.5 Å². The summed E-state index contributed by atoms with van der Waals surface area (Å²) in [5.41, 5.74) is 2.81. The van der Waals surface area contributed by atoms with Gasteiger partial charge in [0.2, 0.25) is 0 Å². The Hall–Kier alpha value is -2.33. The topological polar surface area (TPSA) is 50.9 Å². The summed E-state index contributed by atoms with van der Waals surface area (Å²) in [4.78, 5) is 11.9. The van der Waals surface area contributed by atoms with E-state index in [1.807, 2.05) is 54.6 Å². The maximum atomic E-state index is 11.9. The number of epoxide rings is 1. The molecule has 1 N–H and O–H groups in total. The number of nitrogens with one attached hydrogen (secondary N) is 1. The number of hydrogen-bond acceptors (Lipinski definition) is 3. The van der Waals surface area contributed by atoms with Crippen molar-refractivity contribution in [1.82, 2.24) is 0 Å². The van der Waals surface area contributed by atoms with Crippen molar-refractivity contribution in [3.8, 4) is 0 Å². The maximum absolute atomic E-state index is 11.9. The highest BCUT2D eigenvalue weighted by Crippen LogP contribution is 2.22. The van der Waals surface area contributed by atoms with E-state index in [1.165, 1.54) is 0 Å². The molecule has 4 nitrogen and oxygen atoms in total. The SMILES string of the molecule is O=C(Nc1ccccc1CC1CO1)OCc1ccccc1. The Morgan fingerprint density at radius 1 is 1.14 bits per heavy atom. The molecule has 0 spiro atoms. The summed E-state index contributed by atoms with van der Waals surface area (Å²) in [5.74, 6) is 0. The van der Waals surface area contributed by atoms with Crippen molar-refractivity contribution in [2.45, 2.75) is 19.1 Å². The number of hydrogen-bond donors (Lipinski definition) is 1. The molecule has 0 aliphatic carbocycles. The van der Waals surface area contributed by atoms with Gasteiger partial charge in [-0.2, -0.15) is 0 Å². The van der Waals surface area contributed by atoms with Crippen molar-refractivity contribution in [1.29, 1.82) is 0 Å². The fraction of sp³-hybridized carbons (Fsp3) is 0.235. The van der Waals surface area contributed by atoms with Gasteiger partial charge in [0.05, 0.1) is 12.7 Å². The third kappa shape index (κ3) is 4.07. The van der Waals surface area contributed by atoms with E-state index in [0.717, 1.165) is 29.8 Å². The second-order valence-corrected chi connectivity index (χ2v) is 5.00. The lowest BCUT2D eigenvalue weighted by atomic mass is 10.1. The molecule has 1 aliphatic heterocycles. The summed E-state index contributed by atoms with van der Waals surface area (Å²) in [6.45, 7) is 1.06. The quantitative estimate of drug-likeness (QED) is 0.856. The first kappa shape index (κ1) is 13.6. The molecule has 2 aromatic carbocycles. The molecule has 1 amide bonds. The van der Waals surface area contributed by atoms with E-state index in [1.54, 1.807) is 0 Å². The Bertz CT molecular complexity index is 608. The average Bonchev–Trinajstić information content (AvgIpc) is 3.32. The number of carbonyl (C=O) groups excluding carboxylic acids is 1. The van der Waals surface area contributed by atoms with Gasteiger partial charge in [-0.1, -0.05) is 48.5 Å². The maximum Gasteiger partial charge on any atom is 0.411 e. The minimum absolute atomic E-state index is 0.264. The van der Waals surface area contributed by atoms with E-state index in [9.17, 15) is 4.79 Å². The van der Waals surface area contributed by atoms with Gasteiger partial charge >= 0.3 is 6.09 Å². The van der Waals surface area contributed by atoms with E-state index in [4.69, 9.17) is 9.47 Å². The van der Waals surface area contributed by atoms with E-state index >= 15 is 0 Å². The van der Waals surface area contributed by atoms with Crippen LogP contribution in [0.4, 0.5) is 10.5 Å². The number of benzene rings is 2. The Morgan fingerprint density at radius 3 is 2.62 bits per heavy atom. The molecular weight excluding hydrogens is 266 g/mol. The van der Waals surface area contributed by atoms with Crippen LogP contribution < -0.4 is 5.32 Å². The average molecular weight is 283 g/mol. The lowest BCUT2D eigenvalue weighted by molar-refractivity contribution is 0.155. The zero-order chi connectivity index (χ0) is 14.5. The van der Waals surface area contributed by atoms with Gasteiger partial charge in [0.1, 0.15) is 6.61 Å². The number of ether oxygens (including phenoxy) is 2. The number of carbonyl (C=O) groups is 1. The van der Waals surface area contributed by atoms with Gasteiger partial charge in [0.25, 0.3) is 0 Å². The molecule has 0 saturated carbocycles. The fourth-order valence-corrected chi connectivity index (χ4v) is 2.12. The van der Waals surface area contributed by atoms with Gasteiger partial charge in [0.15, 0.2) is 0 Å². The van der Waals surface area contributed by atoms with Crippen molar-refractivity contribution in [2.75, 3.05) is 11.9 Å². The molecule has 1 atom stereocenters. The Balaban J connectivity index is 1.57. The van der Waals surface area contributed by atoms with Crippen LogP contribution in [0.5, 0.6) is 0 Å². The zero-order valence-electron chi connectivity index (χ0n) is 11.6. The molecule has 1 saturated heterocycles. The first-order valence-electron chi connectivity index (χ1n) is 6.98. The van der Waals surface area contributed by atoms with Crippen LogP contribution in [0.15, 0.2) is 54.6 Å². The van der Waals surface area contributed by atoms with Gasteiger partial charge in [-0.15, -0.1) is 0 Å². The molecule has 0 radical (unpaired) electrons. The molecule has 1 aliphatic rings. The van der Waals surface area contributed by atoms with Crippen LogP contribution in [0.3, 0.4) is 0 Å². The molecule has 1 heterocycles. The Kier molecular flexibility index (Phi) is 4.17. The lowest BCUT2D eigenvalue weighted by Crippen LogP contribution is -2.15. The number of anilines is 1. The Labute approximate surface area is 123 Å². The monoisotopic (exact) mass is 283 g/mol. The summed E-state index contributed by atoms with van der Waals surface area (Å²) in [5, 5.41) is 2.80. The molecule has 108 valence electrons. The van der Waals surface area contributed by atoms with Gasteiger partial charge in [0, 0.05) is 12.1 Å². The second kappa shape index (κ2) is 6.41. The number of amides is 1. The van der Waals surface area contributed by atoms with Crippen LogP contribution in [0.2, 0.25) is 0 Å². The van der Waals surface area contributed by atoms with Gasteiger partial charge < -0.3 is 9.47 Å². The minimum atomic E-state index is -0.442. The summed E-state index contributed by atoms with van der Waals surface area (Å²) in [7, 11) is 0. The molecule has 1 unspecified atom stereocenters. The van der Waals surface area contributed by atoms with Crippen molar-refractivity contribution >= 4 is 11.8 Å². The predicted molar refractivity (Wildman–Crippen MR) is 80.1 cm³/mol. The summed E-state index contributed by atoms with van der Waals surface area (Å²) < 4.78 is 10.5. The molecule has 1 fully saturated rings. The van der Waals surface area contributed by atoms with Gasteiger partial charge in [-0.3, -0.25) is 5.32 Å². The molecule has 2 aromatic rings. The van der Waals surface area contributed by atoms with Crippen molar-refractivity contribution < 1.29 is 14.3 Å². The molecule has 4 heteroatoms. The predicted octanol–water partition coefficient (Wildman–Crippen LogP) is 3.38. The van der Waals surface area contributed by atoms with Gasteiger partial charge in [-0.25, -0.2) is 4.79 Å². The highest BCUT2D eigenvalue weighted by Gasteiger charge is 2.24. The Morgan fingerprint density at radius 2 is 1.86 bits per heavy atom. The summed E-state index contributed by atoms with van der Waals surface area (Å²) >= 11 is 0. The first-order valence-corrected chi connectivity index (χ1v) is 6.98. The van der Waals surface area contributed by atoms with E-state index in [2.05, 4.69) is 5.32 Å². The highest BCUT2D eigenvalue weighted by atomic mass is 16.6. The molecule has 3 rings (SSSR count). The number of rotatable bonds is 5. The van der Waals surface area contributed by atoms with Crippen LogP contribution in [-0.4, -0.2) is 18.8 Å². The first-order chi connectivity index (χ1) is 10.3. The van der Waals surface area contributed by atoms with Gasteiger partial charge in [-0.05, 0) is 17.2 Å².